The van der Waals surface area contributed by atoms with Crippen molar-refractivity contribution in [3.63, 3.8) is 0 Å². The fourth-order valence-corrected chi connectivity index (χ4v) is 4.31. The molecular formula is C13H19N3O2S. The Bertz CT molecular complexity index is 476. The second-order valence-electron chi connectivity index (χ2n) is 5.46. The van der Waals surface area contributed by atoms with Crippen molar-refractivity contribution in [3.05, 3.63) is 11.1 Å². The Balaban J connectivity index is 1.80. The van der Waals surface area contributed by atoms with Gasteiger partial charge in [0.1, 0.15) is 6.04 Å². The molecule has 104 valence electrons. The summed E-state index contributed by atoms with van der Waals surface area (Å²) < 4.78 is 0. The molecule has 0 bridgehead atoms. The summed E-state index contributed by atoms with van der Waals surface area (Å²) in [5, 5.41) is 11.7. The number of nitrogens with two attached hydrogens (primary N) is 1. The van der Waals surface area contributed by atoms with E-state index in [9.17, 15) is 4.79 Å². The topological polar surface area (TPSA) is 79.5 Å². The molecule has 2 aliphatic rings. The summed E-state index contributed by atoms with van der Waals surface area (Å²) in [6.07, 6.45) is 6.41. The molecule has 1 aromatic rings. The highest BCUT2D eigenvalue weighted by molar-refractivity contribution is 7.13. The molecule has 0 spiro atoms. The van der Waals surface area contributed by atoms with E-state index in [4.69, 9.17) is 10.8 Å². The van der Waals surface area contributed by atoms with Gasteiger partial charge in [-0.05, 0) is 31.6 Å². The van der Waals surface area contributed by atoms with Crippen molar-refractivity contribution in [1.82, 2.24) is 4.98 Å². The van der Waals surface area contributed by atoms with Crippen molar-refractivity contribution in [2.24, 2.45) is 11.7 Å². The first-order valence-corrected chi connectivity index (χ1v) is 7.75. The van der Waals surface area contributed by atoms with E-state index < -0.39 is 12.0 Å². The van der Waals surface area contributed by atoms with E-state index in [-0.39, 0.29) is 0 Å². The summed E-state index contributed by atoms with van der Waals surface area (Å²) in [7, 11) is 0. The Morgan fingerprint density at radius 3 is 3.05 bits per heavy atom. The highest BCUT2D eigenvalue weighted by Crippen LogP contribution is 2.40. The number of hydrogen-bond donors (Lipinski definition) is 2. The van der Waals surface area contributed by atoms with Crippen LogP contribution in [0.1, 0.15) is 43.8 Å². The van der Waals surface area contributed by atoms with Crippen LogP contribution in [0.2, 0.25) is 0 Å². The Morgan fingerprint density at radius 2 is 2.26 bits per heavy atom. The molecular weight excluding hydrogens is 262 g/mol. The van der Waals surface area contributed by atoms with Gasteiger partial charge >= 0.3 is 5.97 Å². The molecule has 6 heteroatoms. The van der Waals surface area contributed by atoms with Crippen LogP contribution in [0, 0.1) is 5.92 Å². The molecule has 1 aliphatic carbocycles. The molecule has 0 aromatic carbocycles. The first-order valence-electron chi connectivity index (χ1n) is 6.87. The number of nitrogens with zero attached hydrogens (tertiary/aromatic N) is 2. The van der Waals surface area contributed by atoms with E-state index >= 15 is 0 Å². The van der Waals surface area contributed by atoms with Crippen LogP contribution in [0.3, 0.4) is 0 Å². The molecule has 0 radical (unpaired) electrons. The van der Waals surface area contributed by atoms with Crippen LogP contribution in [0.15, 0.2) is 5.38 Å². The van der Waals surface area contributed by atoms with E-state index in [1.165, 1.54) is 43.4 Å². The molecule has 3 atom stereocenters. The van der Waals surface area contributed by atoms with Crippen molar-refractivity contribution in [2.45, 2.75) is 44.2 Å². The SMILES string of the molecule is NC(C(=O)O)c1csc(N2CCCC3CCCC32)n1. The predicted molar refractivity (Wildman–Crippen MR) is 74.4 cm³/mol. The molecule has 1 saturated carbocycles. The average molecular weight is 281 g/mol. The number of piperidine rings is 1. The standard InChI is InChI=1S/C13H19N3O2S/c14-11(12(17)18)9-7-19-13(15-9)16-6-2-4-8-3-1-5-10(8)16/h7-8,10-11H,1-6,14H2,(H,17,18). The van der Waals surface area contributed by atoms with E-state index in [0.29, 0.717) is 11.7 Å². The lowest BCUT2D eigenvalue weighted by atomic mass is 9.92. The zero-order valence-corrected chi connectivity index (χ0v) is 11.6. The van der Waals surface area contributed by atoms with Crippen LogP contribution < -0.4 is 10.6 Å². The van der Waals surface area contributed by atoms with E-state index in [2.05, 4.69) is 9.88 Å². The summed E-state index contributed by atoms with van der Waals surface area (Å²) in [4.78, 5) is 17.7. The normalized spacial score (nSPS) is 28.2. The number of rotatable bonds is 3. The molecule has 3 rings (SSSR count). The Kier molecular flexibility index (Phi) is 3.45. The second-order valence-corrected chi connectivity index (χ2v) is 6.30. The van der Waals surface area contributed by atoms with Crippen LogP contribution in [-0.2, 0) is 4.79 Å². The lowest BCUT2D eigenvalue weighted by Crippen LogP contribution is -2.42. The van der Waals surface area contributed by atoms with Gasteiger partial charge in [0.25, 0.3) is 0 Å². The summed E-state index contributed by atoms with van der Waals surface area (Å²) in [6.45, 7) is 1.04. The maximum atomic E-state index is 10.9. The fraction of sp³-hybridized carbons (Fsp3) is 0.692. The van der Waals surface area contributed by atoms with Crippen molar-refractivity contribution in [2.75, 3.05) is 11.4 Å². The highest BCUT2D eigenvalue weighted by atomic mass is 32.1. The Morgan fingerprint density at radius 1 is 1.47 bits per heavy atom. The molecule has 5 nitrogen and oxygen atoms in total. The zero-order chi connectivity index (χ0) is 13.4. The number of carbonyl (C=O) groups is 1. The molecule has 0 amide bonds. The van der Waals surface area contributed by atoms with Crippen LogP contribution in [0.4, 0.5) is 5.13 Å². The van der Waals surface area contributed by atoms with Gasteiger partial charge < -0.3 is 15.7 Å². The number of aliphatic carboxylic acids is 1. The quantitative estimate of drug-likeness (QED) is 0.886. The minimum absolute atomic E-state index is 0.479. The first-order chi connectivity index (χ1) is 9.16. The molecule has 1 saturated heterocycles. The predicted octanol–water partition coefficient (Wildman–Crippen LogP) is 2.00. The number of carboxylic acid groups (broad SMARTS) is 1. The number of hydrogen-bond acceptors (Lipinski definition) is 5. The maximum absolute atomic E-state index is 10.9. The van der Waals surface area contributed by atoms with Crippen LogP contribution in [0.25, 0.3) is 0 Å². The lowest BCUT2D eigenvalue weighted by Gasteiger charge is -2.37. The maximum Gasteiger partial charge on any atom is 0.326 e. The number of anilines is 1. The van der Waals surface area contributed by atoms with Gasteiger partial charge in [-0.2, -0.15) is 0 Å². The third kappa shape index (κ3) is 2.34. The van der Waals surface area contributed by atoms with E-state index in [1.54, 1.807) is 5.38 Å². The molecule has 2 fully saturated rings. The van der Waals surface area contributed by atoms with Gasteiger partial charge in [-0.25, -0.2) is 4.98 Å². The number of fused-ring (bicyclic) bond motifs is 1. The molecule has 1 aromatic heterocycles. The average Bonchev–Trinajstić information content (AvgIpc) is 3.06. The molecule has 3 unspecified atom stereocenters. The minimum atomic E-state index is -1.02. The summed E-state index contributed by atoms with van der Waals surface area (Å²) >= 11 is 1.52. The van der Waals surface area contributed by atoms with Gasteiger partial charge in [0.15, 0.2) is 5.13 Å². The summed E-state index contributed by atoms with van der Waals surface area (Å²) in [5.74, 6) is -0.219. The monoisotopic (exact) mass is 281 g/mol. The molecule has 2 heterocycles. The van der Waals surface area contributed by atoms with Crippen molar-refractivity contribution < 1.29 is 9.90 Å². The van der Waals surface area contributed by atoms with Gasteiger partial charge in [-0.1, -0.05) is 6.42 Å². The molecule has 19 heavy (non-hydrogen) atoms. The molecule has 3 N–H and O–H groups in total. The Hall–Kier alpha value is -1.14. The second kappa shape index (κ2) is 5.09. The van der Waals surface area contributed by atoms with E-state index in [1.807, 2.05) is 0 Å². The number of thiazole rings is 1. The smallest absolute Gasteiger partial charge is 0.326 e. The van der Waals surface area contributed by atoms with Gasteiger partial charge in [0.05, 0.1) is 5.69 Å². The fourth-order valence-electron chi connectivity index (χ4n) is 3.37. The minimum Gasteiger partial charge on any atom is -0.480 e. The van der Waals surface area contributed by atoms with Crippen molar-refractivity contribution in [3.8, 4) is 0 Å². The Labute approximate surface area is 116 Å². The highest BCUT2D eigenvalue weighted by Gasteiger charge is 2.36. The van der Waals surface area contributed by atoms with Gasteiger partial charge in [-0.15, -0.1) is 11.3 Å². The summed E-state index contributed by atoms with van der Waals surface area (Å²) in [6, 6.07) is -0.400. The number of aromatic nitrogens is 1. The van der Waals surface area contributed by atoms with Crippen LogP contribution in [-0.4, -0.2) is 28.6 Å². The van der Waals surface area contributed by atoms with Gasteiger partial charge in [0.2, 0.25) is 0 Å². The third-order valence-electron chi connectivity index (χ3n) is 4.33. The zero-order valence-electron chi connectivity index (χ0n) is 10.8. The lowest BCUT2D eigenvalue weighted by molar-refractivity contribution is -0.138. The van der Waals surface area contributed by atoms with Crippen LogP contribution in [0.5, 0.6) is 0 Å². The van der Waals surface area contributed by atoms with Crippen molar-refractivity contribution in [1.29, 1.82) is 0 Å². The largest absolute Gasteiger partial charge is 0.480 e. The van der Waals surface area contributed by atoms with Crippen LogP contribution >= 0.6 is 11.3 Å². The van der Waals surface area contributed by atoms with Gasteiger partial charge in [0, 0.05) is 18.0 Å². The summed E-state index contributed by atoms with van der Waals surface area (Å²) in [5.41, 5.74) is 6.09. The molecule has 1 aliphatic heterocycles. The van der Waals surface area contributed by atoms with Crippen molar-refractivity contribution >= 4 is 22.4 Å². The first kappa shape index (κ1) is 12.9. The van der Waals surface area contributed by atoms with Gasteiger partial charge in [-0.3, -0.25) is 4.79 Å². The third-order valence-corrected chi connectivity index (χ3v) is 5.23. The van der Waals surface area contributed by atoms with E-state index in [0.717, 1.165) is 17.6 Å². The number of carboxylic acids is 1.